The molecule has 0 aliphatic heterocycles. The molecule has 0 unspecified atom stereocenters. The molecule has 162 valence electrons. The zero-order valence-electron chi connectivity index (χ0n) is 17.4. The van der Waals surface area contributed by atoms with Gasteiger partial charge in [-0.25, -0.2) is 4.98 Å². The number of aromatic nitrogens is 2. The summed E-state index contributed by atoms with van der Waals surface area (Å²) < 4.78 is 10.5. The van der Waals surface area contributed by atoms with E-state index in [2.05, 4.69) is 20.6 Å². The highest BCUT2D eigenvalue weighted by molar-refractivity contribution is 6.06. The van der Waals surface area contributed by atoms with Crippen LogP contribution in [0.25, 0.3) is 17.1 Å². The van der Waals surface area contributed by atoms with Gasteiger partial charge < -0.3 is 24.8 Å². The number of methoxy groups -OCH3 is 1. The van der Waals surface area contributed by atoms with Crippen molar-refractivity contribution in [2.24, 2.45) is 0 Å². The molecule has 8 nitrogen and oxygen atoms in total. The number of benzene rings is 2. The molecule has 2 aromatic heterocycles. The molecule has 2 amide bonds. The summed E-state index contributed by atoms with van der Waals surface area (Å²) in [5.41, 5.74) is 2.18. The monoisotopic (exact) mass is 430 g/mol. The normalized spacial score (nSPS) is 11.3. The quantitative estimate of drug-likeness (QED) is 0.372. The lowest BCUT2D eigenvalue weighted by Crippen LogP contribution is -2.36. The van der Waals surface area contributed by atoms with Gasteiger partial charge in [-0.15, -0.1) is 0 Å². The third-order valence-corrected chi connectivity index (χ3v) is 4.76. The van der Waals surface area contributed by atoms with Crippen molar-refractivity contribution in [1.82, 2.24) is 20.6 Å². The van der Waals surface area contributed by atoms with Gasteiger partial charge in [-0.3, -0.25) is 9.59 Å². The van der Waals surface area contributed by atoms with Crippen molar-refractivity contribution in [3.8, 4) is 5.75 Å². The molecule has 2 heterocycles. The van der Waals surface area contributed by atoms with Gasteiger partial charge in [0.2, 0.25) is 0 Å². The van der Waals surface area contributed by atoms with Crippen LogP contribution >= 0.6 is 0 Å². The number of para-hydroxylation sites is 3. The number of aromatic amines is 1. The van der Waals surface area contributed by atoms with Gasteiger partial charge in [0.25, 0.3) is 11.8 Å². The third kappa shape index (κ3) is 4.86. The highest BCUT2D eigenvalue weighted by Crippen LogP contribution is 2.18. The van der Waals surface area contributed by atoms with Crippen molar-refractivity contribution in [2.75, 3.05) is 13.7 Å². The molecule has 0 saturated heterocycles. The van der Waals surface area contributed by atoms with Gasteiger partial charge in [-0.05, 0) is 36.4 Å². The van der Waals surface area contributed by atoms with E-state index in [1.807, 2.05) is 24.3 Å². The van der Waals surface area contributed by atoms with Crippen LogP contribution in [0, 0.1) is 0 Å². The minimum atomic E-state index is -0.465. The van der Waals surface area contributed by atoms with E-state index in [9.17, 15) is 9.59 Å². The van der Waals surface area contributed by atoms with Crippen molar-refractivity contribution >= 4 is 28.9 Å². The first-order valence-corrected chi connectivity index (χ1v) is 10.1. The molecule has 3 N–H and O–H groups in total. The number of nitrogens with zero attached hydrogens (tertiary/aromatic N) is 1. The maximum Gasteiger partial charge on any atom is 0.267 e. The van der Waals surface area contributed by atoms with E-state index in [0.717, 1.165) is 16.9 Å². The zero-order valence-corrected chi connectivity index (χ0v) is 17.4. The van der Waals surface area contributed by atoms with E-state index in [1.54, 1.807) is 36.4 Å². The Morgan fingerprint density at radius 2 is 1.91 bits per heavy atom. The molecule has 0 bridgehead atoms. The van der Waals surface area contributed by atoms with Gasteiger partial charge in [0.15, 0.2) is 0 Å². The SMILES string of the molecule is COc1ccccc1C(=O)NC(=Cc1ccco1)C(=O)NCCc1nc2ccccc2[nH]1. The highest BCUT2D eigenvalue weighted by atomic mass is 16.5. The molecule has 0 saturated carbocycles. The summed E-state index contributed by atoms with van der Waals surface area (Å²) in [7, 11) is 1.48. The van der Waals surface area contributed by atoms with Crippen molar-refractivity contribution in [3.05, 3.63) is 89.8 Å². The number of nitrogens with one attached hydrogen (secondary N) is 3. The molecule has 0 aliphatic rings. The zero-order chi connectivity index (χ0) is 22.3. The second-order valence-corrected chi connectivity index (χ2v) is 6.93. The van der Waals surface area contributed by atoms with Gasteiger partial charge in [0.05, 0.1) is 30.0 Å². The van der Waals surface area contributed by atoms with Crippen LogP contribution in [0.4, 0.5) is 0 Å². The maximum absolute atomic E-state index is 12.9. The molecule has 32 heavy (non-hydrogen) atoms. The van der Waals surface area contributed by atoms with Crippen LogP contribution in [-0.4, -0.2) is 35.4 Å². The largest absolute Gasteiger partial charge is 0.496 e. The van der Waals surface area contributed by atoms with Crippen LogP contribution < -0.4 is 15.4 Å². The predicted molar refractivity (Wildman–Crippen MR) is 120 cm³/mol. The van der Waals surface area contributed by atoms with Crippen molar-refractivity contribution < 1.29 is 18.7 Å². The Bertz CT molecular complexity index is 1230. The average molecular weight is 430 g/mol. The fourth-order valence-electron chi connectivity index (χ4n) is 3.21. The number of ether oxygens (including phenoxy) is 1. The number of H-pyrrole nitrogens is 1. The number of furan rings is 1. The van der Waals surface area contributed by atoms with Crippen LogP contribution in [0.15, 0.2) is 77.0 Å². The topological polar surface area (TPSA) is 109 Å². The number of carbonyl (C=O) groups excluding carboxylic acids is 2. The molecule has 2 aromatic carbocycles. The smallest absolute Gasteiger partial charge is 0.267 e. The Balaban J connectivity index is 1.46. The van der Waals surface area contributed by atoms with Gasteiger partial charge in [0, 0.05) is 19.0 Å². The lowest BCUT2D eigenvalue weighted by Gasteiger charge is -2.12. The molecule has 0 atom stereocenters. The van der Waals surface area contributed by atoms with Gasteiger partial charge in [-0.1, -0.05) is 24.3 Å². The van der Waals surface area contributed by atoms with Gasteiger partial charge in [0.1, 0.15) is 23.0 Å². The lowest BCUT2D eigenvalue weighted by atomic mass is 10.2. The molecule has 0 fully saturated rings. The maximum atomic E-state index is 12.9. The number of fused-ring (bicyclic) bond motifs is 1. The Morgan fingerprint density at radius 3 is 2.69 bits per heavy atom. The summed E-state index contributed by atoms with van der Waals surface area (Å²) in [6.45, 7) is 0.332. The number of hydrogen-bond donors (Lipinski definition) is 3. The molecule has 4 rings (SSSR count). The Labute approximate surface area is 184 Å². The summed E-state index contributed by atoms with van der Waals surface area (Å²) in [5.74, 6) is 0.704. The highest BCUT2D eigenvalue weighted by Gasteiger charge is 2.18. The minimum Gasteiger partial charge on any atom is -0.496 e. The molecule has 0 radical (unpaired) electrons. The van der Waals surface area contributed by atoms with E-state index >= 15 is 0 Å². The first kappa shape index (κ1) is 20.9. The molecule has 8 heteroatoms. The summed E-state index contributed by atoms with van der Waals surface area (Å²) in [4.78, 5) is 33.4. The summed E-state index contributed by atoms with van der Waals surface area (Å²) in [5, 5.41) is 5.48. The van der Waals surface area contributed by atoms with E-state index in [0.29, 0.717) is 30.0 Å². The summed E-state index contributed by atoms with van der Waals surface area (Å²) in [6, 6.07) is 17.9. The first-order chi connectivity index (χ1) is 15.6. The number of hydrogen-bond acceptors (Lipinski definition) is 5. The second kappa shape index (κ2) is 9.65. The Kier molecular flexibility index (Phi) is 6.31. The van der Waals surface area contributed by atoms with E-state index in [4.69, 9.17) is 9.15 Å². The molecule has 4 aromatic rings. The Morgan fingerprint density at radius 1 is 1.09 bits per heavy atom. The number of rotatable bonds is 8. The van der Waals surface area contributed by atoms with E-state index in [-0.39, 0.29) is 5.70 Å². The van der Waals surface area contributed by atoms with E-state index in [1.165, 1.54) is 19.4 Å². The van der Waals surface area contributed by atoms with Crippen molar-refractivity contribution in [2.45, 2.75) is 6.42 Å². The van der Waals surface area contributed by atoms with Crippen molar-refractivity contribution in [3.63, 3.8) is 0 Å². The van der Waals surface area contributed by atoms with Crippen molar-refractivity contribution in [1.29, 1.82) is 0 Å². The van der Waals surface area contributed by atoms with E-state index < -0.39 is 11.8 Å². The third-order valence-electron chi connectivity index (χ3n) is 4.76. The van der Waals surface area contributed by atoms with Crippen LogP contribution in [0.5, 0.6) is 5.75 Å². The standard InChI is InChI=1S/C24H22N4O4/c1-31-21-11-5-2-8-17(21)23(29)28-20(15-16-7-6-14-32-16)24(30)25-13-12-22-26-18-9-3-4-10-19(18)27-22/h2-11,14-15H,12-13H2,1H3,(H,25,30)(H,26,27)(H,28,29). The number of imidazole rings is 1. The van der Waals surface area contributed by atoms with Crippen LogP contribution in [0.1, 0.15) is 21.9 Å². The second-order valence-electron chi connectivity index (χ2n) is 6.93. The number of carbonyl (C=O) groups is 2. The predicted octanol–water partition coefficient (Wildman–Crippen LogP) is 3.29. The van der Waals surface area contributed by atoms with Gasteiger partial charge >= 0.3 is 0 Å². The minimum absolute atomic E-state index is 0.0560. The fraction of sp³-hybridized carbons (Fsp3) is 0.125. The molecular weight excluding hydrogens is 408 g/mol. The Hall–Kier alpha value is -4.33. The van der Waals surface area contributed by atoms with Crippen LogP contribution in [-0.2, 0) is 11.2 Å². The summed E-state index contributed by atoms with van der Waals surface area (Å²) in [6.07, 6.45) is 3.48. The lowest BCUT2D eigenvalue weighted by molar-refractivity contribution is -0.117. The van der Waals surface area contributed by atoms with Crippen LogP contribution in [0.3, 0.4) is 0 Å². The number of amides is 2. The summed E-state index contributed by atoms with van der Waals surface area (Å²) >= 11 is 0. The first-order valence-electron chi connectivity index (χ1n) is 10.1. The molecule has 0 spiro atoms. The molecular formula is C24H22N4O4. The van der Waals surface area contributed by atoms with Gasteiger partial charge in [-0.2, -0.15) is 0 Å². The van der Waals surface area contributed by atoms with Crippen LogP contribution in [0.2, 0.25) is 0 Å². The molecule has 0 aliphatic carbocycles. The average Bonchev–Trinajstić information content (AvgIpc) is 3.47. The fourth-order valence-corrected chi connectivity index (χ4v) is 3.21.